The summed E-state index contributed by atoms with van der Waals surface area (Å²) >= 11 is 0. The van der Waals surface area contributed by atoms with Crippen molar-refractivity contribution in [2.75, 3.05) is 0 Å². The Balaban J connectivity index is 1.91. The molecule has 0 unspecified atom stereocenters. The standard InChI is InChI=1S/C19H16N2O3/c1-12-6-16(7-13(2)18(12)22)14-4-3-5-15(8-14)19(23)24-17-9-20-11-21-10-17/h3-11,22H,1-2H3. The van der Waals surface area contributed by atoms with Gasteiger partial charge in [0.15, 0.2) is 5.75 Å². The number of aryl methyl sites for hydroxylation is 2. The predicted octanol–water partition coefficient (Wildman–Crippen LogP) is 3.69. The van der Waals surface area contributed by atoms with E-state index in [2.05, 4.69) is 9.97 Å². The molecule has 120 valence electrons. The van der Waals surface area contributed by atoms with Crippen LogP contribution < -0.4 is 4.74 Å². The Bertz CT molecular complexity index is 869. The largest absolute Gasteiger partial charge is 0.507 e. The van der Waals surface area contributed by atoms with Crippen LogP contribution in [0.4, 0.5) is 0 Å². The van der Waals surface area contributed by atoms with E-state index in [0.717, 1.165) is 22.3 Å². The van der Waals surface area contributed by atoms with Gasteiger partial charge in [0.05, 0.1) is 18.0 Å². The van der Waals surface area contributed by atoms with Crippen LogP contribution >= 0.6 is 0 Å². The summed E-state index contributed by atoms with van der Waals surface area (Å²) in [4.78, 5) is 19.9. The van der Waals surface area contributed by atoms with Gasteiger partial charge in [0.2, 0.25) is 0 Å². The smallest absolute Gasteiger partial charge is 0.343 e. The molecule has 0 saturated carbocycles. The summed E-state index contributed by atoms with van der Waals surface area (Å²) in [5.41, 5.74) is 3.82. The van der Waals surface area contributed by atoms with Crippen molar-refractivity contribution in [1.82, 2.24) is 9.97 Å². The Kier molecular flexibility index (Phi) is 4.24. The molecule has 2 aromatic carbocycles. The van der Waals surface area contributed by atoms with Crippen molar-refractivity contribution in [2.24, 2.45) is 0 Å². The summed E-state index contributed by atoms with van der Waals surface area (Å²) in [6, 6.07) is 10.9. The van der Waals surface area contributed by atoms with Gasteiger partial charge in [-0.3, -0.25) is 0 Å². The van der Waals surface area contributed by atoms with E-state index in [0.29, 0.717) is 17.1 Å². The third-order valence-corrected chi connectivity index (χ3v) is 3.67. The number of aromatic nitrogens is 2. The fourth-order valence-electron chi connectivity index (χ4n) is 2.45. The molecule has 0 radical (unpaired) electrons. The second-order valence-electron chi connectivity index (χ2n) is 5.50. The maximum Gasteiger partial charge on any atom is 0.343 e. The van der Waals surface area contributed by atoms with Crippen molar-refractivity contribution < 1.29 is 14.6 Å². The first-order valence-corrected chi connectivity index (χ1v) is 7.42. The molecule has 0 saturated heterocycles. The molecule has 0 aliphatic heterocycles. The zero-order valence-electron chi connectivity index (χ0n) is 13.4. The number of hydrogen-bond donors (Lipinski definition) is 1. The fraction of sp³-hybridized carbons (Fsp3) is 0.105. The van der Waals surface area contributed by atoms with E-state index in [9.17, 15) is 9.90 Å². The highest BCUT2D eigenvalue weighted by atomic mass is 16.5. The molecule has 1 N–H and O–H groups in total. The van der Waals surface area contributed by atoms with Crippen LogP contribution in [0.2, 0.25) is 0 Å². The second kappa shape index (κ2) is 6.50. The van der Waals surface area contributed by atoms with Gasteiger partial charge < -0.3 is 9.84 Å². The van der Waals surface area contributed by atoms with Crippen molar-refractivity contribution in [3.63, 3.8) is 0 Å². The van der Waals surface area contributed by atoms with Gasteiger partial charge in [-0.15, -0.1) is 0 Å². The summed E-state index contributed by atoms with van der Waals surface area (Å²) in [5, 5.41) is 9.90. The number of esters is 1. The number of phenols is 1. The molecule has 5 nitrogen and oxygen atoms in total. The lowest BCUT2D eigenvalue weighted by atomic mass is 9.98. The van der Waals surface area contributed by atoms with Gasteiger partial charge in [0, 0.05) is 0 Å². The molecule has 0 amide bonds. The number of benzene rings is 2. The molecule has 0 aliphatic rings. The number of aromatic hydroxyl groups is 1. The molecule has 24 heavy (non-hydrogen) atoms. The van der Waals surface area contributed by atoms with Gasteiger partial charge in [0.25, 0.3) is 0 Å². The fourth-order valence-corrected chi connectivity index (χ4v) is 2.45. The minimum Gasteiger partial charge on any atom is -0.507 e. The highest BCUT2D eigenvalue weighted by Crippen LogP contribution is 2.29. The Morgan fingerprint density at radius 2 is 1.67 bits per heavy atom. The van der Waals surface area contributed by atoms with Crippen LogP contribution in [-0.2, 0) is 0 Å². The molecule has 0 atom stereocenters. The summed E-state index contributed by atoms with van der Waals surface area (Å²) in [5.74, 6) is 0.112. The second-order valence-corrected chi connectivity index (χ2v) is 5.50. The van der Waals surface area contributed by atoms with Gasteiger partial charge in [-0.2, -0.15) is 0 Å². The van der Waals surface area contributed by atoms with Crippen LogP contribution in [0.3, 0.4) is 0 Å². The van der Waals surface area contributed by atoms with Gasteiger partial charge in [0.1, 0.15) is 12.1 Å². The van der Waals surface area contributed by atoms with Gasteiger partial charge in [-0.25, -0.2) is 14.8 Å². The van der Waals surface area contributed by atoms with Crippen molar-refractivity contribution in [3.8, 4) is 22.6 Å². The number of phenolic OH excluding ortho intramolecular Hbond substituents is 1. The van der Waals surface area contributed by atoms with Crippen molar-refractivity contribution in [3.05, 3.63) is 71.8 Å². The molecule has 3 aromatic rings. The van der Waals surface area contributed by atoms with Gasteiger partial charge in [-0.05, 0) is 60.4 Å². The maximum atomic E-state index is 12.3. The molecule has 5 heteroatoms. The Labute approximate surface area is 139 Å². The van der Waals surface area contributed by atoms with Crippen LogP contribution in [0.5, 0.6) is 11.5 Å². The van der Waals surface area contributed by atoms with E-state index in [-0.39, 0.29) is 0 Å². The number of hydrogen-bond acceptors (Lipinski definition) is 5. The number of rotatable bonds is 3. The Morgan fingerprint density at radius 3 is 2.33 bits per heavy atom. The molecular weight excluding hydrogens is 304 g/mol. The first-order chi connectivity index (χ1) is 11.5. The lowest BCUT2D eigenvalue weighted by Gasteiger charge is -2.09. The normalized spacial score (nSPS) is 10.4. The Hall–Kier alpha value is -3.21. The van der Waals surface area contributed by atoms with Crippen LogP contribution in [-0.4, -0.2) is 21.0 Å². The molecule has 0 bridgehead atoms. The number of carbonyl (C=O) groups is 1. The van der Waals surface area contributed by atoms with E-state index in [1.54, 1.807) is 18.2 Å². The van der Waals surface area contributed by atoms with Crippen molar-refractivity contribution in [1.29, 1.82) is 0 Å². The third-order valence-electron chi connectivity index (χ3n) is 3.67. The number of carbonyl (C=O) groups excluding carboxylic acids is 1. The lowest BCUT2D eigenvalue weighted by Crippen LogP contribution is -2.08. The summed E-state index contributed by atoms with van der Waals surface area (Å²) in [7, 11) is 0. The van der Waals surface area contributed by atoms with Crippen LogP contribution in [0.15, 0.2) is 55.1 Å². The van der Waals surface area contributed by atoms with E-state index in [1.807, 2.05) is 32.0 Å². The zero-order chi connectivity index (χ0) is 17.1. The van der Waals surface area contributed by atoms with Gasteiger partial charge in [-0.1, -0.05) is 12.1 Å². The van der Waals surface area contributed by atoms with Crippen molar-refractivity contribution >= 4 is 5.97 Å². The van der Waals surface area contributed by atoms with E-state index >= 15 is 0 Å². The summed E-state index contributed by atoms with van der Waals surface area (Å²) in [6.45, 7) is 3.69. The van der Waals surface area contributed by atoms with Crippen LogP contribution in [0.25, 0.3) is 11.1 Å². The quantitative estimate of drug-likeness (QED) is 0.745. The third kappa shape index (κ3) is 3.25. The number of nitrogens with zero attached hydrogens (tertiary/aromatic N) is 2. The molecule has 0 aliphatic carbocycles. The number of ether oxygens (including phenoxy) is 1. The summed E-state index contributed by atoms with van der Waals surface area (Å²) in [6.07, 6.45) is 4.23. The monoisotopic (exact) mass is 320 g/mol. The van der Waals surface area contributed by atoms with Crippen LogP contribution in [0, 0.1) is 13.8 Å². The summed E-state index contributed by atoms with van der Waals surface area (Å²) < 4.78 is 5.25. The SMILES string of the molecule is Cc1cc(-c2cccc(C(=O)Oc3cncnc3)c2)cc(C)c1O. The van der Waals surface area contributed by atoms with E-state index < -0.39 is 5.97 Å². The van der Waals surface area contributed by atoms with Gasteiger partial charge >= 0.3 is 5.97 Å². The highest BCUT2D eigenvalue weighted by molar-refractivity contribution is 5.92. The average Bonchev–Trinajstić information content (AvgIpc) is 2.60. The van der Waals surface area contributed by atoms with E-state index in [1.165, 1.54) is 18.7 Å². The lowest BCUT2D eigenvalue weighted by molar-refractivity contribution is 0.0733. The predicted molar refractivity (Wildman–Crippen MR) is 90.0 cm³/mol. The van der Waals surface area contributed by atoms with Crippen LogP contribution in [0.1, 0.15) is 21.5 Å². The molecule has 0 fully saturated rings. The highest BCUT2D eigenvalue weighted by Gasteiger charge is 2.11. The zero-order valence-corrected chi connectivity index (χ0v) is 13.4. The minimum absolute atomic E-state index is 0.290. The first-order valence-electron chi connectivity index (χ1n) is 7.42. The molecular formula is C19H16N2O3. The topological polar surface area (TPSA) is 72.3 Å². The molecule has 0 spiro atoms. The Morgan fingerprint density at radius 1 is 1.00 bits per heavy atom. The maximum absolute atomic E-state index is 12.3. The first kappa shape index (κ1) is 15.7. The molecule has 1 aromatic heterocycles. The van der Waals surface area contributed by atoms with E-state index in [4.69, 9.17) is 4.74 Å². The minimum atomic E-state index is -0.473. The average molecular weight is 320 g/mol. The molecule has 3 rings (SSSR count). The molecule has 1 heterocycles. The van der Waals surface area contributed by atoms with Crippen molar-refractivity contribution in [2.45, 2.75) is 13.8 Å².